The van der Waals surface area contributed by atoms with Crippen molar-refractivity contribution < 1.29 is 18.7 Å². The minimum Gasteiger partial charge on any atom is -0.495 e. The molecule has 1 aromatic heterocycles. The zero-order valence-electron chi connectivity index (χ0n) is 17.0. The Balaban J connectivity index is 1.77. The van der Waals surface area contributed by atoms with E-state index in [0.717, 1.165) is 16.9 Å². The van der Waals surface area contributed by atoms with Crippen molar-refractivity contribution in [3.8, 4) is 5.75 Å². The number of halogens is 2. The molecule has 0 aliphatic rings. The van der Waals surface area contributed by atoms with Crippen LogP contribution < -0.4 is 15.0 Å². The SMILES string of the molecule is COc1cc(Cl)c(C)cc1NC(=O)/C=C/c1csc(N(C(C)=O)c2ccccc2F)n1. The van der Waals surface area contributed by atoms with Crippen molar-refractivity contribution in [3.63, 3.8) is 0 Å². The van der Waals surface area contributed by atoms with Gasteiger partial charge in [-0.2, -0.15) is 0 Å². The average Bonchev–Trinajstić information content (AvgIpc) is 3.19. The van der Waals surface area contributed by atoms with E-state index in [9.17, 15) is 14.0 Å². The first-order valence-corrected chi connectivity index (χ1v) is 10.4. The number of nitrogens with one attached hydrogen (secondary N) is 1. The predicted octanol–water partition coefficient (Wildman–Crippen LogP) is 5.59. The summed E-state index contributed by atoms with van der Waals surface area (Å²) in [7, 11) is 1.49. The second kappa shape index (κ2) is 9.72. The molecule has 31 heavy (non-hydrogen) atoms. The fourth-order valence-electron chi connectivity index (χ4n) is 2.76. The zero-order valence-corrected chi connectivity index (χ0v) is 18.6. The second-order valence-electron chi connectivity index (χ2n) is 6.49. The van der Waals surface area contributed by atoms with Crippen molar-refractivity contribution in [3.05, 3.63) is 70.0 Å². The molecule has 0 saturated carbocycles. The molecule has 3 aromatic rings. The smallest absolute Gasteiger partial charge is 0.248 e. The summed E-state index contributed by atoms with van der Waals surface area (Å²) in [5.74, 6) is -0.864. The van der Waals surface area contributed by atoms with Gasteiger partial charge in [0.2, 0.25) is 11.8 Å². The van der Waals surface area contributed by atoms with Gasteiger partial charge in [0.15, 0.2) is 5.13 Å². The summed E-state index contributed by atoms with van der Waals surface area (Å²) in [5.41, 5.74) is 1.85. The highest BCUT2D eigenvalue weighted by Crippen LogP contribution is 2.32. The first-order valence-electron chi connectivity index (χ1n) is 9.14. The average molecular weight is 460 g/mol. The molecular formula is C22H19ClFN3O3S. The Labute approximate surface area is 187 Å². The number of nitrogens with zero attached hydrogens (tertiary/aromatic N) is 2. The number of amides is 2. The van der Waals surface area contributed by atoms with Gasteiger partial charge >= 0.3 is 0 Å². The highest BCUT2D eigenvalue weighted by atomic mass is 35.5. The number of ether oxygens (including phenoxy) is 1. The van der Waals surface area contributed by atoms with Gasteiger partial charge in [-0.25, -0.2) is 9.37 Å². The van der Waals surface area contributed by atoms with Gasteiger partial charge in [0.05, 0.1) is 24.2 Å². The molecule has 0 atom stereocenters. The number of rotatable bonds is 6. The van der Waals surface area contributed by atoms with Gasteiger partial charge in [0.1, 0.15) is 11.6 Å². The lowest BCUT2D eigenvalue weighted by Gasteiger charge is -2.18. The number of anilines is 3. The molecule has 0 spiro atoms. The van der Waals surface area contributed by atoms with E-state index in [1.807, 2.05) is 6.92 Å². The summed E-state index contributed by atoms with van der Waals surface area (Å²) in [6, 6.07) is 9.30. The van der Waals surface area contributed by atoms with Crippen LogP contribution in [0.25, 0.3) is 6.08 Å². The summed E-state index contributed by atoms with van der Waals surface area (Å²) in [6.07, 6.45) is 2.81. The molecule has 0 unspecified atom stereocenters. The molecule has 6 nitrogen and oxygen atoms in total. The maximum Gasteiger partial charge on any atom is 0.248 e. The molecule has 0 saturated heterocycles. The molecule has 2 aromatic carbocycles. The van der Waals surface area contributed by atoms with Crippen LogP contribution in [0, 0.1) is 12.7 Å². The van der Waals surface area contributed by atoms with Gasteiger partial charge in [-0.05, 0) is 36.8 Å². The number of carbonyl (C=O) groups excluding carboxylic acids is 2. The van der Waals surface area contributed by atoms with E-state index in [2.05, 4.69) is 10.3 Å². The van der Waals surface area contributed by atoms with E-state index in [1.54, 1.807) is 29.6 Å². The van der Waals surface area contributed by atoms with Crippen molar-refractivity contribution in [2.24, 2.45) is 0 Å². The fourth-order valence-corrected chi connectivity index (χ4v) is 3.76. The van der Waals surface area contributed by atoms with Crippen LogP contribution in [0.4, 0.5) is 20.9 Å². The lowest BCUT2D eigenvalue weighted by atomic mass is 10.2. The molecule has 0 aliphatic heterocycles. The van der Waals surface area contributed by atoms with Gasteiger partial charge in [-0.15, -0.1) is 11.3 Å². The number of carbonyl (C=O) groups is 2. The molecule has 9 heteroatoms. The first kappa shape index (κ1) is 22.5. The summed E-state index contributed by atoms with van der Waals surface area (Å²) >= 11 is 7.25. The van der Waals surface area contributed by atoms with Crippen LogP contribution in [0.15, 0.2) is 47.9 Å². The summed E-state index contributed by atoms with van der Waals surface area (Å²) < 4.78 is 19.4. The topological polar surface area (TPSA) is 71.5 Å². The van der Waals surface area contributed by atoms with Crippen LogP contribution in [0.5, 0.6) is 5.75 Å². The highest BCUT2D eigenvalue weighted by Gasteiger charge is 2.20. The first-order chi connectivity index (χ1) is 14.8. The number of methoxy groups -OCH3 is 1. The maximum absolute atomic E-state index is 14.2. The number of hydrogen-bond acceptors (Lipinski definition) is 5. The van der Waals surface area contributed by atoms with E-state index in [0.29, 0.717) is 27.3 Å². The number of aromatic nitrogens is 1. The third-order valence-corrected chi connectivity index (χ3v) is 5.50. The Morgan fingerprint density at radius 3 is 2.71 bits per heavy atom. The number of benzene rings is 2. The van der Waals surface area contributed by atoms with Crippen molar-refractivity contribution in [2.45, 2.75) is 13.8 Å². The van der Waals surface area contributed by atoms with Crippen molar-refractivity contribution >= 4 is 57.3 Å². The van der Waals surface area contributed by atoms with Gasteiger partial charge in [0, 0.05) is 29.5 Å². The summed E-state index contributed by atoms with van der Waals surface area (Å²) in [6.45, 7) is 3.15. The molecule has 1 heterocycles. The Morgan fingerprint density at radius 2 is 2.03 bits per heavy atom. The van der Waals surface area contributed by atoms with E-state index in [4.69, 9.17) is 16.3 Å². The second-order valence-corrected chi connectivity index (χ2v) is 7.73. The van der Waals surface area contributed by atoms with Crippen LogP contribution in [0.1, 0.15) is 18.2 Å². The van der Waals surface area contributed by atoms with Gasteiger partial charge in [-0.3, -0.25) is 14.5 Å². The number of thiazole rings is 1. The van der Waals surface area contributed by atoms with Crippen molar-refractivity contribution in [1.82, 2.24) is 4.98 Å². The molecule has 0 bridgehead atoms. The van der Waals surface area contributed by atoms with Crippen LogP contribution in [-0.4, -0.2) is 23.9 Å². The predicted molar refractivity (Wildman–Crippen MR) is 122 cm³/mol. The van der Waals surface area contributed by atoms with Crippen molar-refractivity contribution in [1.29, 1.82) is 0 Å². The third-order valence-electron chi connectivity index (χ3n) is 4.25. The number of hydrogen-bond donors (Lipinski definition) is 1. The van der Waals surface area contributed by atoms with Gasteiger partial charge in [0.25, 0.3) is 0 Å². The lowest BCUT2D eigenvalue weighted by Crippen LogP contribution is -2.23. The summed E-state index contributed by atoms with van der Waals surface area (Å²) in [5, 5.41) is 5.23. The third kappa shape index (κ3) is 5.28. The van der Waals surface area contributed by atoms with Crippen LogP contribution in [-0.2, 0) is 9.59 Å². The van der Waals surface area contributed by atoms with Crippen LogP contribution in [0.2, 0.25) is 5.02 Å². The molecule has 1 N–H and O–H groups in total. The molecule has 0 aliphatic carbocycles. The number of para-hydroxylation sites is 1. The van der Waals surface area contributed by atoms with Gasteiger partial charge in [-0.1, -0.05) is 23.7 Å². The van der Waals surface area contributed by atoms with E-state index in [1.165, 1.54) is 43.2 Å². The molecule has 3 rings (SSSR count). The Bertz CT molecular complexity index is 1160. The Hall–Kier alpha value is -3.23. The van der Waals surface area contributed by atoms with Crippen molar-refractivity contribution in [2.75, 3.05) is 17.3 Å². The monoisotopic (exact) mass is 459 g/mol. The minimum absolute atomic E-state index is 0.114. The summed E-state index contributed by atoms with van der Waals surface area (Å²) in [4.78, 5) is 30.0. The molecule has 160 valence electrons. The maximum atomic E-state index is 14.2. The quantitative estimate of drug-likeness (QED) is 0.488. The molecular weight excluding hydrogens is 441 g/mol. The lowest BCUT2D eigenvalue weighted by molar-refractivity contribution is -0.116. The van der Waals surface area contributed by atoms with E-state index >= 15 is 0 Å². The molecule has 0 fully saturated rings. The van der Waals surface area contributed by atoms with Crippen LogP contribution in [0.3, 0.4) is 0 Å². The largest absolute Gasteiger partial charge is 0.495 e. The van der Waals surface area contributed by atoms with Crippen LogP contribution >= 0.6 is 22.9 Å². The normalized spacial score (nSPS) is 10.9. The highest BCUT2D eigenvalue weighted by molar-refractivity contribution is 7.14. The van der Waals surface area contributed by atoms with Gasteiger partial charge < -0.3 is 10.1 Å². The molecule has 0 radical (unpaired) electrons. The number of aryl methyl sites for hydroxylation is 1. The molecule has 2 amide bonds. The van der Waals surface area contributed by atoms with E-state index < -0.39 is 11.7 Å². The minimum atomic E-state index is -0.531. The van der Waals surface area contributed by atoms with E-state index in [-0.39, 0.29) is 11.6 Å². The Kier molecular flexibility index (Phi) is 7.04. The zero-order chi connectivity index (χ0) is 22.5. The Morgan fingerprint density at radius 1 is 1.29 bits per heavy atom. The standard InChI is InChI=1S/C22H19ClFN3O3S/c1-13-10-18(20(30-3)11-16(13)23)26-21(29)9-8-15-12-31-22(25-15)27(14(2)28)19-7-5-4-6-17(19)24/h4-12H,1-3H3,(H,26,29)/b9-8+. The fraction of sp³-hybridized carbons (Fsp3) is 0.136.